The van der Waals surface area contributed by atoms with Gasteiger partial charge in [0.25, 0.3) is 0 Å². The summed E-state index contributed by atoms with van der Waals surface area (Å²) in [7, 11) is 0. The Morgan fingerprint density at radius 3 is 2.68 bits per heavy atom. The number of anilines is 1. The summed E-state index contributed by atoms with van der Waals surface area (Å²) in [5.74, 6) is -0.614. The van der Waals surface area contributed by atoms with E-state index < -0.39 is 0 Å². The van der Waals surface area contributed by atoms with Crippen LogP contribution in [-0.4, -0.2) is 34.9 Å². The van der Waals surface area contributed by atoms with Gasteiger partial charge in [0.2, 0.25) is 11.8 Å². The molecule has 2 aromatic rings. The van der Waals surface area contributed by atoms with Crippen molar-refractivity contribution in [2.45, 2.75) is 0 Å². The van der Waals surface area contributed by atoms with Crippen LogP contribution in [0.1, 0.15) is 0 Å². The monoisotopic (exact) mass is 320 g/mol. The SMILES string of the molecule is O=C1CN(c2ccnc3cc(Br)cnc23)CC(=O)N1. The van der Waals surface area contributed by atoms with Gasteiger partial charge in [0.05, 0.1) is 24.3 Å². The van der Waals surface area contributed by atoms with E-state index in [1.165, 1.54) is 0 Å². The topological polar surface area (TPSA) is 75.2 Å². The third-order valence-corrected chi connectivity index (χ3v) is 3.24. The number of hydrogen-bond acceptors (Lipinski definition) is 5. The van der Waals surface area contributed by atoms with E-state index in [2.05, 4.69) is 31.2 Å². The standard InChI is InChI=1S/C12H9BrN4O2/c13-7-3-8-12(15-4-7)9(1-2-14-8)17-5-10(18)16-11(19)6-17/h1-4H,5-6H2,(H,16,18,19). The highest BCUT2D eigenvalue weighted by Crippen LogP contribution is 2.25. The lowest BCUT2D eigenvalue weighted by atomic mass is 10.2. The van der Waals surface area contributed by atoms with E-state index in [1.807, 2.05) is 6.07 Å². The molecule has 1 aliphatic rings. The molecule has 1 fully saturated rings. The largest absolute Gasteiger partial charge is 0.351 e. The molecular weight excluding hydrogens is 312 g/mol. The van der Waals surface area contributed by atoms with E-state index >= 15 is 0 Å². The highest BCUT2D eigenvalue weighted by atomic mass is 79.9. The quantitative estimate of drug-likeness (QED) is 0.789. The van der Waals surface area contributed by atoms with Gasteiger partial charge in [-0.15, -0.1) is 0 Å². The minimum atomic E-state index is -0.307. The Bertz CT molecular complexity index is 672. The van der Waals surface area contributed by atoms with Crippen LogP contribution < -0.4 is 10.2 Å². The molecule has 1 N–H and O–H groups in total. The van der Waals surface area contributed by atoms with Crippen molar-refractivity contribution in [2.75, 3.05) is 18.0 Å². The lowest BCUT2D eigenvalue weighted by molar-refractivity contribution is -0.130. The van der Waals surface area contributed by atoms with Gasteiger partial charge in [-0.25, -0.2) is 0 Å². The number of nitrogens with zero attached hydrogens (tertiary/aromatic N) is 3. The zero-order valence-corrected chi connectivity index (χ0v) is 11.3. The van der Waals surface area contributed by atoms with Gasteiger partial charge in [0.15, 0.2) is 0 Å². The average Bonchev–Trinajstić information content (AvgIpc) is 2.36. The zero-order valence-electron chi connectivity index (χ0n) is 9.76. The van der Waals surface area contributed by atoms with Crippen molar-refractivity contribution in [3.63, 3.8) is 0 Å². The van der Waals surface area contributed by atoms with Gasteiger partial charge >= 0.3 is 0 Å². The van der Waals surface area contributed by atoms with Gasteiger partial charge in [0, 0.05) is 16.9 Å². The van der Waals surface area contributed by atoms with Crippen molar-refractivity contribution in [2.24, 2.45) is 0 Å². The van der Waals surface area contributed by atoms with Crippen LogP contribution in [0.25, 0.3) is 11.0 Å². The zero-order chi connectivity index (χ0) is 13.4. The highest BCUT2D eigenvalue weighted by molar-refractivity contribution is 9.10. The van der Waals surface area contributed by atoms with Crippen LogP contribution in [-0.2, 0) is 9.59 Å². The third kappa shape index (κ3) is 2.28. The molecule has 1 saturated heterocycles. The molecule has 1 aliphatic heterocycles. The molecule has 2 aromatic heterocycles. The number of piperazine rings is 1. The van der Waals surface area contributed by atoms with E-state index in [9.17, 15) is 9.59 Å². The summed E-state index contributed by atoms with van der Waals surface area (Å²) < 4.78 is 0.831. The molecular formula is C12H9BrN4O2. The Balaban J connectivity index is 2.09. The number of imide groups is 1. The van der Waals surface area contributed by atoms with E-state index in [-0.39, 0.29) is 24.9 Å². The lowest BCUT2D eigenvalue weighted by Crippen LogP contribution is -2.51. The summed E-state index contributed by atoms with van der Waals surface area (Å²) in [6, 6.07) is 3.60. The van der Waals surface area contributed by atoms with Crippen LogP contribution in [0.2, 0.25) is 0 Å². The van der Waals surface area contributed by atoms with Gasteiger partial charge in [-0.2, -0.15) is 0 Å². The van der Waals surface area contributed by atoms with E-state index in [4.69, 9.17) is 0 Å². The number of amides is 2. The second kappa shape index (κ2) is 4.58. The molecule has 0 radical (unpaired) electrons. The predicted molar refractivity (Wildman–Crippen MR) is 72.6 cm³/mol. The average molecular weight is 321 g/mol. The number of carbonyl (C=O) groups excluding carboxylic acids is 2. The number of aromatic nitrogens is 2. The van der Waals surface area contributed by atoms with Crippen LogP contribution in [0.3, 0.4) is 0 Å². The first-order valence-corrected chi connectivity index (χ1v) is 6.41. The van der Waals surface area contributed by atoms with Gasteiger partial charge in [0.1, 0.15) is 5.52 Å². The lowest BCUT2D eigenvalue weighted by Gasteiger charge is -2.27. The number of hydrogen-bond donors (Lipinski definition) is 1. The number of rotatable bonds is 1. The Kier molecular flexibility index (Phi) is 2.90. The number of halogens is 1. The van der Waals surface area contributed by atoms with Gasteiger partial charge < -0.3 is 4.90 Å². The van der Waals surface area contributed by atoms with Crippen LogP contribution in [0.15, 0.2) is 29.0 Å². The van der Waals surface area contributed by atoms with Crippen LogP contribution in [0, 0.1) is 0 Å². The van der Waals surface area contributed by atoms with E-state index in [0.29, 0.717) is 11.0 Å². The molecule has 0 aliphatic carbocycles. The minimum absolute atomic E-state index is 0.141. The molecule has 3 rings (SSSR count). The van der Waals surface area contributed by atoms with Crippen LogP contribution in [0.4, 0.5) is 5.69 Å². The fourth-order valence-corrected chi connectivity index (χ4v) is 2.37. The molecule has 6 nitrogen and oxygen atoms in total. The first-order chi connectivity index (χ1) is 9.13. The van der Waals surface area contributed by atoms with Crippen LogP contribution in [0.5, 0.6) is 0 Å². The molecule has 96 valence electrons. The van der Waals surface area contributed by atoms with Crippen molar-refractivity contribution in [3.05, 3.63) is 29.0 Å². The molecule has 0 saturated carbocycles. The third-order valence-electron chi connectivity index (χ3n) is 2.81. The summed E-state index contributed by atoms with van der Waals surface area (Å²) in [6.45, 7) is 0.283. The van der Waals surface area contributed by atoms with E-state index in [0.717, 1.165) is 10.2 Å². The summed E-state index contributed by atoms with van der Waals surface area (Å²) in [4.78, 5) is 33.1. The van der Waals surface area contributed by atoms with E-state index in [1.54, 1.807) is 23.4 Å². The molecule has 7 heteroatoms. The first-order valence-electron chi connectivity index (χ1n) is 5.61. The molecule has 0 atom stereocenters. The Morgan fingerprint density at radius 1 is 1.21 bits per heavy atom. The summed E-state index contributed by atoms with van der Waals surface area (Å²) in [5, 5.41) is 2.27. The van der Waals surface area contributed by atoms with Crippen molar-refractivity contribution < 1.29 is 9.59 Å². The van der Waals surface area contributed by atoms with Gasteiger partial charge in [-0.05, 0) is 28.1 Å². The summed E-state index contributed by atoms with van der Waals surface area (Å²) >= 11 is 3.34. The fraction of sp³-hybridized carbons (Fsp3) is 0.167. The van der Waals surface area contributed by atoms with Crippen molar-refractivity contribution in [1.82, 2.24) is 15.3 Å². The smallest absolute Gasteiger partial charge is 0.246 e. The molecule has 0 unspecified atom stereocenters. The van der Waals surface area contributed by atoms with Crippen molar-refractivity contribution in [3.8, 4) is 0 Å². The molecule has 2 amide bonds. The summed E-state index contributed by atoms with van der Waals surface area (Å²) in [6.07, 6.45) is 3.31. The number of pyridine rings is 2. The van der Waals surface area contributed by atoms with Gasteiger partial charge in [-0.3, -0.25) is 24.9 Å². The Labute approximate surface area is 117 Å². The van der Waals surface area contributed by atoms with Gasteiger partial charge in [-0.1, -0.05) is 0 Å². The molecule has 0 aromatic carbocycles. The highest BCUT2D eigenvalue weighted by Gasteiger charge is 2.24. The normalized spacial score (nSPS) is 15.7. The molecule has 3 heterocycles. The molecule has 0 bridgehead atoms. The molecule has 19 heavy (non-hydrogen) atoms. The van der Waals surface area contributed by atoms with Crippen LogP contribution >= 0.6 is 15.9 Å². The fourth-order valence-electron chi connectivity index (χ4n) is 2.05. The Morgan fingerprint density at radius 2 is 1.95 bits per heavy atom. The second-order valence-electron chi connectivity index (χ2n) is 4.18. The van der Waals surface area contributed by atoms with Crippen molar-refractivity contribution in [1.29, 1.82) is 0 Å². The Hall–Kier alpha value is -2.02. The minimum Gasteiger partial charge on any atom is -0.351 e. The second-order valence-corrected chi connectivity index (χ2v) is 5.09. The number of fused-ring (bicyclic) bond motifs is 1. The summed E-state index contributed by atoms with van der Waals surface area (Å²) in [5.41, 5.74) is 2.12. The predicted octanol–water partition coefficient (Wildman–Crippen LogP) is 0.855. The maximum absolute atomic E-state index is 11.4. The van der Waals surface area contributed by atoms with Crippen molar-refractivity contribution >= 4 is 44.5 Å². The maximum atomic E-state index is 11.4. The number of carbonyl (C=O) groups is 2. The number of nitrogens with one attached hydrogen (secondary N) is 1. The first kappa shape index (κ1) is 12.0. The molecule has 0 spiro atoms. The maximum Gasteiger partial charge on any atom is 0.246 e.